The Labute approximate surface area is 121 Å². The first-order valence-corrected chi connectivity index (χ1v) is 6.72. The normalized spacial score (nSPS) is 12.5. The number of aromatic nitrogens is 1. The van der Waals surface area contributed by atoms with E-state index in [-0.39, 0.29) is 12.5 Å². The summed E-state index contributed by atoms with van der Waals surface area (Å²) in [6.07, 6.45) is 0.830. The van der Waals surface area contributed by atoms with Gasteiger partial charge in [0.1, 0.15) is 5.69 Å². The highest BCUT2D eigenvalue weighted by Crippen LogP contribution is 2.16. The summed E-state index contributed by atoms with van der Waals surface area (Å²) in [7, 11) is 0. The molecule has 0 aliphatic rings. The van der Waals surface area contributed by atoms with Crippen LogP contribution in [0.3, 0.4) is 0 Å². The number of nitrogens with one attached hydrogen (secondary N) is 2. The molecule has 0 bridgehead atoms. The first kappa shape index (κ1) is 13.5. The lowest BCUT2D eigenvalue weighted by Crippen LogP contribution is -2.28. The summed E-state index contributed by atoms with van der Waals surface area (Å²) < 4.78 is 5.19. The average Bonchev–Trinajstić information content (AvgIpc) is 3.06. The number of rotatable bonds is 4. The van der Waals surface area contributed by atoms with Crippen molar-refractivity contribution < 1.29 is 14.3 Å². The number of carbonyl (C=O) groups is 1. The largest absolute Gasteiger partial charge is 0.463 e. The van der Waals surface area contributed by atoms with Gasteiger partial charge in [-0.1, -0.05) is 29.8 Å². The van der Waals surface area contributed by atoms with Crippen molar-refractivity contribution in [3.63, 3.8) is 0 Å². The zero-order valence-electron chi connectivity index (χ0n) is 11.6. The van der Waals surface area contributed by atoms with Crippen molar-refractivity contribution >= 4 is 17.0 Å². The van der Waals surface area contributed by atoms with Gasteiger partial charge < -0.3 is 19.8 Å². The predicted molar refractivity (Wildman–Crippen MR) is 79.0 cm³/mol. The number of H-pyrrole nitrogens is 1. The van der Waals surface area contributed by atoms with E-state index in [4.69, 9.17) is 4.42 Å². The summed E-state index contributed by atoms with van der Waals surface area (Å²) in [4.78, 5) is 15.0. The van der Waals surface area contributed by atoms with Gasteiger partial charge in [0.15, 0.2) is 5.58 Å². The Morgan fingerprint density at radius 2 is 2.10 bits per heavy atom. The molecular weight excluding hydrogens is 268 g/mol. The minimum atomic E-state index is -0.729. The molecule has 0 radical (unpaired) electrons. The number of amides is 1. The summed E-state index contributed by atoms with van der Waals surface area (Å²) in [5.74, 6) is -0.271. The van der Waals surface area contributed by atoms with Gasteiger partial charge >= 0.3 is 0 Å². The molecule has 0 saturated carbocycles. The van der Waals surface area contributed by atoms with Crippen LogP contribution in [0.5, 0.6) is 0 Å². The first-order chi connectivity index (χ1) is 10.1. The van der Waals surface area contributed by atoms with Gasteiger partial charge in [-0.25, -0.2) is 0 Å². The van der Waals surface area contributed by atoms with Crippen LogP contribution in [0.25, 0.3) is 11.1 Å². The minimum Gasteiger partial charge on any atom is -0.463 e. The fraction of sp³-hybridized carbons (Fsp3) is 0.188. The maximum Gasteiger partial charge on any atom is 0.267 e. The molecule has 21 heavy (non-hydrogen) atoms. The lowest BCUT2D eigenvalue weighted by Gasteiger charge is -2.12. The number of carbonyl (C=O) groups excluding carboxylic acids is 1. The molecule has 2 aromatic heterocycles. The van der Waals surface area contributed by atoms with Crippen LogP contribution in [0.15, 0.2) is 47.1 Å². The molecule has 108 valence electrons. The van der Waals surface area contributed by atoms with Crippen LogP contribution in [0.2, 0.25) is 0 Å². The fourth-order valence-corrected chi connectivity index (χ4v) is 2.16. The maximum atomic E-state index is 12.0. The van der Waals surface area contributed by atoms with E-state index < -0.39 is 6.10 Å². The molecule has 5 heteroatoms. The van der Waals surface area contributed by atoms with E-state index in [1.807, 2.05) is 31.2 Å². The van der Waals surface area contributed by atoms with Crippen molar-refractivity contribution in [1.82, 2.24) is 10.3 Å². The number of hydrogen-bond donors (Lipinski definition) is 3. The number of aromatic amines is 1. The zero-order valence-corrected chi connectivity index (χ0v) is 11.6. The average molecular weight is 284 g/mol. The second kappa shape index (κ2) is 5.46. The van der Waals surface area contributed by atoms with E-state index in [9.17, 15) is 9.90 Å². The van der Waals surface area contributed by atoms with Crippen LogP contribution in [0, 0.1) is 6.92 Å². The number of aliphatic hydroxyl groups excluding tert-OH is 1. The molecule has 3 rings (SSSR count). The zero-order chi connectivity index (χ0) is 14.8. The van der Waals surface area contributed by atoms with Gasteiger partial charge in [0.05, 0.1) is 17.9 Å². The molecular formula is C16H16N2O3. The number of aliphatic hydroxyl groups is 1. The highest BCUT2D eigenvalue weighted by atomic mass is 16.3. The Hall–Kier alpha value is -2.53. The monoisotopic (exact) mass is 284 g/mol. The maximum absolute atomic E-state index is 12.0. The number of benzene rings is 1. The first-order valence-electron chi connectivity index (χ1n) is 6.72. The summed E-state index contributed by atoms with van der Waals surface area (Å²) in [6.45, 7) is 2.14. The third-order valence-corrected chi connectivity index (χ3v) is 3.40. The van der Waals surface area contributed by atoms with E-state index in [1.165, 1.54) is 0 Å². The van der Waals surface area contributed by atoms with E-state index in [1.54, 1.807) is 18.4 Å². The van der Waals surface area contributed by atoms with Crippen molar-refractivity contribution in [1.29, 1.82) is 0 Å². The van der Waals surface area contributed by atoms with Gasteiger partial charge in [-0.15, -0.1) is 0 Å². The van der Waals surface area contributed by atoms with Crippen LogP contribution in [0.1, 0.15) is 27.7 Å². The molecule has 0 spiro atoms. The van der Waals surface area contributed by atoms with Crippen LogP contribution in [-0.4, -0.2) is 22.5 Å². The van der Waals surface area contributed by atoms with Crippen LogP contribution in [-0.2, 0) is 0 Å². The van der Waals surface area contributed by atoms with Crippen molar-refractivity contribution in [3.05, 3.63) is 59.5 Å². The van der Waals surface area contributed by atoms with Gasteiger partial charge in [0.2, 0.25) is 0 Å². The number of aryl methyl sites for hydroxylation is 1. The van der Waals surface area contributed by atoms with E-state index in [0.29, 0.717) is 11.3 Å². The van der Waals surface area contributed by atoms with E-state index >= 15 is 0 Å². The van der Waals surface area contributed by atoms with E-state index in [2.05, 4.69) is 10.3 Å². The molecule has 0 aliphatic carbocycles. The lowest BCUT2D eigenvalue weighted by molar-refractivity contribution is 0.0912. The Morgan fingerprint density at radius 1 is 1.33 bits per heavy atom. The van der Waals surface area contributed by atoms with Crippen LogP contribution < -0.4 is 5.32 Å². The van der Waals surface area contributed by atoms with Crippen LogP contribution in [0.4, 0.5) is 0 Å². The number of furan rings is 1. The quantitative estimate of drug-likeness (QED) is 0.689. The third-order valence-electron chi connectivity index (χ3n) is 3.40. The Bertz CT molecular complexity index is 727. The molecule has 5 nitrogen and oxygen atoms in total. The van der Waals surface area contributed by atoms with Gasteiger partial charge in [-0.3, -0.25) is 4.79 Å². The van der Waals surface area contributed by atoms with Crippen LogP contribution >= 0.6 is 0 Å². The van der Waals surface area contributed by atoms with Crippen molar-refractivity contribution in [2.24, 2.45) is 0 Å². The minimum absolute atomic E-state index is 0.155. The standard InChI is InChI=1S/C16H16N2O3/c1-10-2-4-11(5-3-10)14(19)9-17-16(20)13-8-15-12(18-13)6-7-21-15/h2-8,14,18-19H,9H2,1H3,(H,17,20). The summed E-state index contributed by atoms with van der Waals surface area (Å²) in [5.41, 5.74) is 3.74. The molecule has 0 aliphatic heterocycles. The van der Waals surface area contributed by atoms with Gasteiger partial charge in [0, 0.05) is 18.7 Å². The Balaban J connectivity index is 1.62. The van der Waals surface area contributed by atoms with E-state index in [0.717, 1.165) is 16.6 Å². The summed E-state index contributed by atoms with van der Waals surface area (Å²) >= 11 is 0. The number of fused-ring (bicyclic) bond motifs is 1. The molecule has 1 unspecified atom stereocenters. The van der Waals surface area contributed by atoms with Crippen molar-refractivity contribution in [3.8, 4) is 0 Å². The molecule has 3 aromatic rings. The molecule has 0 saturated heterocycles. The van der Waals surface area contributed by atoms with Gasteiger partial charge in [-0.2, -0.15) is 0 Å². The highest BCUT2D eigenvalue weighted by molar-refractivity contribution is 5.96. The van der Waals surface area contributed by atoms with Gasteiger partial charge in [-0.05, 0) is 12.5 Å². The number of hydrogen-bond acceptors (Lipinski definition) is 3. The van der Waals surface area contributed by atoms with Crippen molar-refractivity contribution in [2.45, 2.75) is 13.0 Å². The molecule has 1 amide bonds. The lowest BCUT2D eigenvalue weighted by atomic mass is 10.1. The second-order valence-corrected chi connectivity index (χ2v) is 5.02. The summed E-state index contributed by atoms with van der Waals surface area (Å²) in [6, 6.07) is 11.0. The molecule has 2 heterocycles. The molecule has 0 fully saturated rings. The highest BCUT2D eigenvalue weighted by Gasteiger charge is 2.13. The molecule has 3 N–H and O–H groups in total. The van der Waals surface area contributed by atoms with Gasteiger partial charge in [0.25, 0.3) is 5.91 Å². The fourth-order valence-electron chi connectivity index (χ4n) is 2.16. The third kappa shape index (κ3) is 2.83. The topological polar surface area (TPSA) is 78.3 Å². The Morgan fingerprint density at radius 3 is 2.81 bits per heavy atom. The van der Waals surface area contributed by atoms with Crippen molar-refractivity contribution in [2.75, 3.05) is 6.54 Å². The Kier molecular flexibility index (Phi) is 3.50. The molecule has 1 atom stereocenters. The molecule has 1 aromatic carbocycles. The summed E-state index contributed by atoms with van der Waals surface area (Å²) in [5, 5.41) is 12.8. The predicted octanol–water partition coefficient (Wildman–Crippen LogP) is 2.53. The smallest absolute Gasteiger partial charge is 0.267 e. The SMILES string of the molecule is Cc1ccc(C(O)CNC(=O)c2cc3occc3[nH]2)cc1. The second-order valence-electron chi connectivity index (χ2n) is 5.02.